The Bertz CT molecular complexity index is 919. The van der Waals surface area contributed by atoms with Crippen molar-refractivity contribution in [1.82, 2.24) is 14.5 Å². The first kappa shape index (κ1) is 23.7. The lowest BCUT2D eigenvalue weighted by Gasteiger charge is -2.32. The average Bonchev–Trinajstić information content (AvgIpc) is 3.36. The third kappa shape index (κ3) is 5.65. The molecule has 3 atom stereocenters. The number of likely N-dealkylation sites (tertiary alicyclic amines) is 1. The molecule has 4 rings (SSSR count). The standard InChI is InChI=1S/C19H23N3O3.C2HF3O2/c1-21-10-2-4-16(21)19(23)22-12-17(18-15(22)5-3-11-24-18)25-13-14-6-8-20-9-7-14;3-2(4,5)1(6)7/h2,4,6-10,15,17-18H,3,5,11-13H2,1H3;(H,6,7)/t15-,17+,18+;/m1./s1. The van der Waals surface area contributed by atoms with Crippen LogP contribution >= 0.6 is 0 Å². The predicted molar refractivity (Wildman–Crippen MR) is 106 cm³/mol. The Balaban J connectivity index is 0.000000360. The molecule has 2 aliphatic heterocycles. The molecule has 8 nitrogen and oxygen atoms in total. The molecule has 0 bridgehead atoms. The number of ether oxygens (including phenoxy) is 2. The van der Waals surface area contributed by atoms with E-state index in [-0.39, 0.29) is 24.2 Å². The molecule has 1 N–H and O–H groups in total. The maximum atomic E-state index is 13.0. The zero-order valence-corrected chi connectivity index (χ0v) is 17.4. The number of fused-ring (bicyclic) bond motifs is 1. The summed E-state index contributed by atoms with van der Waals surface area (Å²) in [5.74, 6) is -2.70. The summed E-state index contributed by atoms with van der Waals surface area (Å²) in [5, 5.41) is 7.12. The summed E-state index contributed by atoms with van der Waals surface area (Å²) in [5.41, 5.74) is 1.79. The van der Waals surface area contributed by atoms with Gasteiger partial charge < -0.3 is 24.0 Å². The Morgan fingerprint density at radius 3 is 2.56 bits per heavy atom. The van der Waals surface area contributed by atoms with Gasteiger partial charge in [-0.2, -0.15) is 13.2 Å². The van der Waals surface area contributed by atoms with Crippen LogP contribution in [0.25, 0.3) is 0 Å². The molecule has 0 aromatic carbocycles. The van der Waals surface area contributed by atoms with Crippen molar-refractivity contribution >= 4 is 11.9 Å². The summed E-state index contributed by atoms with van der Waals surface area (Å²) in [6.45, 7) is 1.82. The second-order valence-electron chi connectivity index (χ2n) is 7.51. The molecule has 1 amide bonds. The number of aliphatic carboxylic acids is 1. The number of rotatable bonds is 4. The van der Waals surface area contributed by atoms with Gasteiger partial charge in [-0.15, -0.1) is 0 Å². The summed E-state index contributed by atoms with van der Waals surface area (Å²) in [6.07, 6.45) is 2.15. The zero-order valence-electron chi connectivity index (χ0n) is 17.4. The number of carbonyl (C=O) groups is 2. The van der Waals surface area contributed by atoms with Crippen molar-refractivity contribution in [3.63, 3.8) is 0 Å². The normalized spacial score (nSPS) is 22.6. The predicted octanol–water partition coefficient (Wildman–Crippen LogP) is 2.64. The number of halogens is 3. The van der Waals surface area contributed by atoms with Gasteiger partial charge in [0, 0.05) is 32.2 Å². The van der Waals surface area contributed by atoms with Gasteiger partial charge in [-0.3, -0.25) is 9.78 Å². The van der Waals surface area contributed by atoms with Crippen molar-refractivity contribution in [2.24, 2.45) is 7.05 Å². The van der Waals surface area contributed by atoms with Gasteiger partial charge in [0.2, 0.25) is 0 Å². The molecule has 11 heteroatoms. The van der Waals surface area contributed by atoms with Gasteiger partial charge in [-0.25, -0.2) is 4.79 Å². The van der Waals surface area contributed by atoms with E-state index in [1.165, 1.54) is 0 Å². The zero-order chi connectivity index (χ0) is 23.3. The Hall–Kier alpha value is -2.92. The molecular formula is C21H24F3N3O5. The number of pyridine rings is 1. The molecule has 0 spiro atoms. The minimum absolute atomic E-state index is 0.0418. The first-order chi connectivity index (χ1) is 15.2. The van der Waals surface area contributed by atoms with Crippen LogP contribution in [0.2, 0.25) is 0 Å². The number of amides is 1. The Morgan fingerprint density at radius 2 is 1.97 bits per heavy atom. The quantitative estimate of drug-likeness (QED) is 0.762. The van der Waals surface area contributed by atoms with Crippen LogP contribution in [0, 0.1) is 0 Å². The van der Waals surface area contributed by atoms with Crippen LogP contribution in [0.15, 0.2) is 42.9 Å². The SMILES string of the molecule is Cn1cccc1C(=O)N1C[C@H](OCc2ccncc2)[C@H]2OCCC[C@H]21.O=C(O)C(F)(F)F. The highest BCUT2D eigenvalue weighted by atomic mass is 19.4. The van der Waals surface area contributed by atoms with E-state index in [0.717, 1.165) is 25.0 Å². The van der Waals surface area contributed by atoms with Crippen LogP contribution in [0.1, 0.15) is 28.9 Å². The van der Waals surface area contributed by atoms with E-state index >= 15 is 0 Å². The minimum Gasteiger partial charge on any atom is -0.475 e. The largest absolute Gasteiger partial charge is 0.490 e. The van der Waals surface area contributed by atoms with Gasteiger partial charge in [0.15, 0.2) is 0 Å². The topological polar surface area (TPSA) is 93.9 Å². The maximum Gasteiger partial charge on any atom is 0.490 e. The molecule has 0 radical (unpaired) electrons. The second kappa shape index (κ2) is 10.1. The van der Waals surface area contributed by atoms with E-state index in [9.17, 15) is 18.0 Å². The van der Waals surface area contributed by atoms with Crippen LogP contribution in [0.4, 0.5) is 13.2 Å². The summed E-state index contributed by atoms with van der Waals surface area (Å²) in [7, 11) is 1.90. The van der Waals surface area contributed by atoms with E-state index < -0.39 is 12.1 Å². The molecule has 2 aromatic rings. The summed E-state index contributed by atoms with van der Waals surface area (Å²) in [6, 6.07) is 7.75. The number of alkyl halides is 3. The van der Waals surface area contributed by atoms with Gasteiger partial charge in [0.05, 0.1) is 19.2 Å². The number of hydrogen-bond acceptors (Lipinski definition) is 5. The summed E-state index contributed by atoms with van der Waals surface area (Å²) >= 11 is 0. The van der Waals surface area contributed by atoms with E-state index in [0.29, 0.717) is 18.8 Å². The first-order valence-corrected chi connectivity index (χ1v) is 10.0. The third-order valence-electron chi connectivity index (χ3n) is 5.36. The van der Waals surface area contributed by atoms with Gasteiger partial charge in [-0.05, 0) is 42.7 Å². The molecular weight excluding hydrogens is 431 g/mol. The molecule has 0 saturated carbocycles. The van der Waals surface area contributed by atoms with Crippen LogP contribution < -0.4 is 0 Å². The highest BCUT2D eigenvalue weighted by Gasteiger charge is 2.47. The van der Waals surface area contributed by atoms with Crippen LogP contribution in [-0.4, -0.2) is 69.0 Å². The third-order valence-corrected chi connectivity index (χ3v) is 5.36. The van der Waals surface area contributed by atoms with E-state index in [4.69, 9.17) is 19.4 Å². The fraction of sp³-hybridized carbons (Fsp3) is 0.476. The number of hydrogen-bond donors (Lipinski definition) is 1. The van der Waals surface area contributed by atoms with Crippen LogP contribution in [0.3, 0.4) is 0 Å². The molecule has 2 aromatic heterocycles. The average molecular weight is 455 g/mol. The van der Waals surface area contributed by atoms with Crippen molar-refractivity contribution in [3.8, 4) is 0 Å². The molecule has 0 unspecified atom stereocenters. The highest BCUT2D eigenvalue weighted by molar-refractivity contribution is 5.93. The number of carboxylic acids is 1. The molecule has 2 saturated heterocycles. The van der Waals surface area contributed by atoms with Crippen molar-refractivity contribution in [1.29, 1.82) is 0 Å². The Labute approximate surface area is 182 Å². The lowest BCUT2D eigenvalue weighted by atomic mass is 10.0. The summed E-state index contributed by atoms with van der Waals surface area (Å²) in [4.78, 5) is 27.9. The van der Waals surface area contributed by atoms with Crippen molar-refractivity contribution in [2.45, 2.75) is 43.9 Å². The Morgan fingerprint density at radius 1 is 1.28 bits per heavy atom. The van der Waals surface area contributed by atoms with Crippen LogP contribution in [0.5, 0.6) is 0 Å². The molecule has 32 heavy (non-hydrogen) atoms. The van der Waals surface area contributed by atoms with E-state index in [1.54, 1.807) is 12.4 Å². The minimum atomic E-state index is -5.08. The number of aromatic nitrogens is 2. The summed E-state index contributed by atoms with van der Waals surface area (Å²) < 4.78 is 45.7. The maximum absolute atomic E-state index is 13.0. The molecule has 2 fully saturated rings. The smallest absolute Gasteiger partial charge is 0.475 e. The molecule has 174 valence electrons. The van der Waals surface area contributed by atoms with E-state index in [2.05, 4.69) is 4.98 Å². The molecule has 4 heterocycles. The highest BCUT2D eigenvalue weighted by Crippen LogP contribution is 2.32. The van der Waals surface area contributed by atoms with Gasteiger partial charge >= 0.3 is 12.1 Å². The fourth-order valence-corrected chi connectivity index (χ4v) is 3.80. The lowest BCUT2D eigenvalue weighted by Crippen LogP contribution is -2.44. The fourth-order valence-electron chi connectivity index (χ4n) is 3.80. The molecule has 0 aliphatic carbocycles. The number of carboxylic acid groups (broad SMARTS) is 1. The first-order valence-electron chi connectivity index (χ1n) is 10.0. The van der Waals surface area contributed by atoms with Gasteiger partial charge in [-0.1, -0.05) is 0 Å². The van der Waals surface area contributed by atoms with Gasteiger partial charge in [0.1, 0.15) is 17.9 Å². The van der Waals surface area contributed by atoms with E-state index in [1.807, 2.05) is 47.0 Å². The van der Waals surface area contributed by atoms with Crippen LogP contribution in [-0.2, 0) is 27.9 Å². The second-order valence-corrected chi connectivity index (χ2v) is 7.51. The van der Waals surface area contributed by atoms with Crippen molar-refractivity contribution < 1.29 is 37.3 Å². The number of carbonyl (C=O) groups excluding carboxylic acids is 1. The lowest BCUT2D eigenvalue weighted by molar-refractivity contribution is -0.192. The van der Waals surface area contributed by atoms with Gasteiger partial charge in [0.25, 0.3) is 5.91 Å². The molecule has 2 aliphatic rings. The monoisotopic (exact) mass is 455 g/mol. The van der Waals surface area contributed by atoms with Crippen molar-refractivity contribution in [2.75, 3.05) is 13.2 Å². The number of nitrogens with zero attached hydrogens (tertiary/aromatic N) is 3. The number of aryl methyl sites for hydroxylation is 1. The van der Waals surface area contributed by atoms with Crippen molar-refractivity contribution in [3.05, 3.63) is 54.1 Å². The Kier molecular flexibility index (Phi) is 7.52.